The number of amides is 1. The summed E-state index contributed by atoms with van der Waals surface area (Å²) in [4.78, 5) is 28.4. The number of benzene rings is 2. The fourth-order valence-corrected chi connectivity index (χ4v) is 6.56. The Morgan fingerprint density at radius 1 is 1.08 bits per heavy atom. The molecule has 2 aromatic carbocycles. The number of carbonyl (C=O) groups excluding carboxylic acids is 1. The van der Waals surface area contributed by atoms with Crippen LogP contribution in [0, 0.1) is 0 Å². The number of para-hydroxylation sites is 1. The monoisotopic (exact) mass is 566 g/mol. The van der Waals surface area contributed by atoms with Crippen molar-refractivity contribution in [1.29, 1.82) is 0 Å². The van der Waals surface area contributed by atoms with E-state index in [1.165, 1.54) is 35.9 Å². The minimum atomic E-state index is -0.264. The molecule has 1 aromatic heterocycles. The van der Waals surface area contributed by atoms with Gasteiger partial charge in [-0.05, 0) is 80.1 Å². The maximum atomic E-state index is 13.3. The van der Waals surface area contributed by atoms with Crippen LogP contribution in [-0.2, 0) is 6.61 Å². The van der Waals surface area contributed by atoms with Gasteiger partial charge in [0.25, 0.3) is 5.91 Å². The largest absolute Gasteiger partial charge is 0.392 e. The molecule has 6 rings (SSSR count). The number of aliphatic hydroxyl groups is 1. The average Bonchev–Trinajstić information content (AvgIpc) is 2.91. The fourth-order valence-electron chi connectivity index (χ4n) is 5.96. The van der Waals surface area contributed by atoms with E-state index >= 15 is 0 Å². The number of hydrogen-bond donors (Lipinski definition) is 2. The number of aromatic nitrogens is 2. The van der Waals surface area contributed by atoms with Crippen LogP contribution in [0.2, 0.25) is 10.0 Å². The molecule has 0 unspecified atom stereocenters. The van der Waals surface area contributed by atoms with Gasteiger partial charge in [-0.25, -0.2) is 4.98 Å². The van der Waals surface area contributed by atoms with Gasteiger partial charge in [-0.1, -0.05) is 41.8 Å². The summed E-state index contributed by atoms with van der Waals surface area (Å²) in [6.07, 6.45) is 7.83. The van der Waals surface area contributed by atoms with Crippen LogP contribution in [0.5, 0.6) is 0 Å². The summed E-state index contributed by atoms with van der Waals surface area (Å²) < 4.78 is 0. The van der Waals surface area contributed by atoms with E-state index in [1.807, 2.05) is 24.1 Å². The van der Waals surface area contributed by atoms with Gasteiger partial charge in [0.15, 0.2) is 0 Å². The predicted octanol–water partition coefficient (Wildman–Crippen LogP) is 5.81. The summed E-state index contributed by atoms with van der Waals surface area (Å²) in [6.45, 7) is 2.50. The normalized spacial score (nSPS) is 18.7. The van der Waals surface area contributed by atoms with Crippen LogP contribution in [0.1, 0.15) is 59.5 Å². The van der Waals surface area contributed by atoms with Crippen molar-refractivity contribution in [3.05, 3.63) is 69.3 Å². The Kier molecular flexibility index (Phi) is 7.37. The van der Waals surface area contributed by atoms with E-state index in [0.29, 0.717) is 39.0 Å². The van der Waals surface area contributed by atoms with Crippen molar-refractivity contribution < 1.29 is 9.90 Å². The van der Waals surface area contributed by atoms with Crippen LogP contribution in [0.4, 0.5) is 23.1 Å². The van der Waals surface area contributed by atoms with Crippen molar-refractivity contribution >= 4 is 52.3 Å². The van der Waals surface area contributed by atoms with E-state index in [9.17, 15) is 9.90 Å². The number of anilines is 4. The first-order chi connectivity index (χ1) is 18.9. The second kappa shape index (κ2) is 10.9. The lowest BCUT2D eigenvalue weighted by molar-refractivity contribution is 0.0972. The van der Waals surface area contributed by atoms with Crippen molar-refractivity contribution in [3.63, 3.8) is 0 Å². The summed E-state index contributed by atoms with van der Waals surface area (Å²) >= 11 is 12.7. The van der Waals surface area contributed by atoms with Crippen molar-refractivity contribution in [3.8, 4) is 0 Å². The molecular weight excluding hydrogens is 535 g/mol. The lowest BCUT2D eigenvalue weighted by atomic mass is 9.83. The Hall–Kier alpha value is -2.91. The van der Waals surface area contributed by atoms with Gasteiger partial charge < -0.3 is 20.2 Å². The van der Waals surface area contributed by atoms with Crippen LogP contribution in [-0.4, -0.2) is 58.7 Å². The first kappa shape index (κ1) is 26.3. The van der Waals surface area contributed by atoms with Crippen LogP contribution in [0.15, 0.2) is 42.6 Å². The molecular formula is C29H32Cl2N6O2. The van der Waals surface area contributed by atoms with E-state index in [-0.39, 0.29) is 19.2 Å². The van der Waals surface area contributed by atoms with Gasteiger partial charge in [0.2, 0.25) is 5.95 Å². The standard InChI is InChI=1S/C29H32Cl2N6O2/c1-35-17-37(26-24(30)6-3-7-25(26)31)28(39)23-15-32-29(34-27(23)35)33-20-8-9-22(19(14-20)16-38)18-10-12-36(13-11-18)21-4-2-5-21/h3,6-9,14-15,18,21,38H,2,4-5,10-13,16-17H2,1H3,(H,32,33,34). The number of nitrogens with one attached hydrogen (secondary N) is 1. The Labute approximate surface area is 238 Å². The molecule has 2 fully saturated rings. The number of halogens is 2. The maximum absolute atomic E-state index is 13.3. The molecule has 8 nitrogen and oxygen atoms in total. The van der Waals surface area contributed by atoms with Crippen molar-refractivity contribution in [1.82, 2.24) is 14.9 Å². The minimum absolute atomic E-state index is 0.0174. The molecule has 0 bridgehead atoms. The van der Waals surface area contributed by atoms with E-state index < -0.39 is 0 Å². The van der Waals surface area contributed by atoms with Crippen LogP contribution >= 0.6 is 23.2 Å². The number of hydrogen-bond acceptors (Lipinski definition) is 7. The topological polar surface area (TPSA) is 84.8 Å². The number of fused-ring (bicyclic) bond motifs is 1. The number of aliphatic hydroxyl groups excluding tert-OH is 1. The Morgan fingerprint density at radius 2 is 1.82 bits per heavy atom. The number of rotatable bonds is 6. The number of nitrogens with zero attached hydrogens (tertiary/aromatic N) is 5. The van der Waals surface area contributed by atoms with Gasteiger partial charge in [0, 0.05) is 25.0 Å². The lowest BCUT2D eigenvalue weighted by Crippen LogP contribution is -2.46. The molecule has 3 heterocycles. The van der Waals surface area contributed by atoms with E-state index in [1.54, 1.807) is 18.2 Å². The zero-order chi connectivity index (χ0) is 27.1. The van der Waals surface area contributed by atoms with Gasteiger partial charge >= 0.3 is 0 Å². The summed E-state index contributed by atoms with van der Waals surface area (Å²) in [5, 5.41) is 14.2. The number of piperidine rings is 1. The predicted molar refractivity (Wildman–Crippen MR) is 155 cm³/mol. The molecule has 0 atom stereocenters. The van der Waals surface area contributed by atoms with Crippen molar-refractivity contribution in [2.24, 2.45) is 0 Å². The molecule has 1 saturated heterocycles. The molecule has 0 radical (unpaired) electrons. The maximum Gasteiger partial charge on any atom is 0.265 e. The first-order valence-corrected chi connectivity index (χ1v) is 14.3. The summed E-state index contributed by atoms with van der Waals surface area (Å²) in [7, 11) is 1.86. The zero-order valence-electron chi connectivity index (χ0n) is 21.9. The molecule has 1 amide bonds. The molecule has 3 aliphatic rings. The van der Waals surface area contributed by atoms with Gasteiger partial charge in [-0.15, -0.1) is 0 Å². The number of carbonyl (C=O) groups is 1. The molecule has 39 heavy (non-hydrogen) atoms. The first-order valence-electron chi connectivity index (χ1n) is 13.5. The third kappa shape index (κ3) is 5.07. The Bertz CT molecular complexity index is 1370. The highest BCUT2D eigenvalue weighted by molar-refractivity contribution is 6.40. The third-order valence-electron chi connectivity index (χ3n) is 8.30. The molecule has 204 valence electrons. The Balaban J connectivity index is 1.18. The molecule has 10 heteroatoms. The zero-order valence-corrected chi connectivity index (χ0v) is 23.4. The van der Waals surface area contributed by atoms with Crippen molar-refractivity contribution in [2.45, 2.75) is 50.7 Å². The molecule has 2 aliphatic heterocycles. The smallest absolute Gasteiger partial charge is 0.265 e. The molecule has 1 aliphatic carbocycles. The van der Waals surface area contributed by atoms with E-state index in [2.05, 4.69) is 26.3 Å². The molecule has 1 saturated carbocycles. The molecule has 3 aromatic rings. The number of likely N-dealkylation sites (tertiary alicyclic amines) is 1. The quantitative estimate of drug-likeness (QED) is 0.389. The fraction of sp³-hybridized carbons (Fsp3) is 0.414. The molecule has 0 spiro atoms. The second-order valence-electron chi connectivity index (χ2n) is 10.7. The van der Waals surface area contributed by atoms with Crippen LogP contribution in [0.25, 0.3) is 0 Å². The SMILES string of the molecule is CN1CN(c2c(Cl)cccc2Cl)C(=O)c2cnc(Nc3ccc(C4CCN(C5CCC5)CC4)c(CO)c3)nc21. The van der Waals surface area contributed by atoms with Crippen LogP contribution < -0.4 is 15.1 Å². The second-order valence-corrected chi connectivity index (χ2v) is 11.5. The van der Waals surface area contributed by atoms with Gasteiger partial charge in [-0.2, -0.15) is 4.98 Å². The van der Waals surface area contributed by atoms with Gasteiger partial charge in [0.1, 0.15) is 11.4 Å². The highest BCUT2D eigenvalue weighted by Gasteiger charge is 2.33. The summed E-state index contributed by atoms with van der Waals surface area (Å²) in [5.74, 6) is 1.10. The average molecular weight is 568 g/mol. The van der Waals surface area contributed by atoms with Gasteiger partial charge in [-0.3, -0.25) is 9.69 Å². The summed E-state index contributed by atoms with van der Waals surface area (Å²) in [5.41, 5.74) is 3.79. The van der Waals surface area contributed by atoms with E-state index in [0.717, 1.165) is 43.2 Å². The van der Waals surface area contributed by atoms with Crippen LogP contribution in [0.3, 0.4) is 0 Å². The Morgan fingerprint density at radius 3 is 2.49 bits per heavy atom. The highest BCUT2D eigenvalue weighted by atomic mass is 35.5. The summed E-state index contributed by atoms with van der Waals surface area (Å²) in [6, 6.07) is 12.1. The lowest BCUT2D eigenvalue weighted by Gasteiger charge is -2.42. The highest BCUT2D eigenvalue weighted by Crippen LogP contribution is 2.38. The van der Waals surface area contributed by atoms with E-state index in [4.69, 9.17) is 23.2 Å². The van der Waals surface area contributed by atoms with Gasteiger partial charge in [0.05, 0.1) is 29.0 Å². The minimum Gasteiger partial charge on any atom is -0.392 e. The molecule has 2 N–H and O–H groups in total. The van der Waals surface area contributed by atoms with Crippen molar-refractivity contribution in [2.75, 3.05) is 41.9 Å². The third-order valence-corrected chi connectivity index (χ3v) is 8.91.